The van der Waals surface area contributed by atoms with Gasteiger partial charge >= 0.3 is 5.97 Å². The van der Waals surface area contributed by atoms with Gasteiger partial charge in [0.15, 0.2) is 6.61 Å². The molecule has 162 valence electrons. The Morgan fingerprint density at radius 1 is 0.938 bits per heavy atom. The molecule has 0 aliphatic rings. The topological polar surface area (TPSA) is 75.0 Å². The van der Waals surface area contributed by atoms with Crippen molar-refractivity contribution in [2.24, 2.45) is 0 Å². The number of aryl methyl sites for hydroxylation is 2. The van der Waals surface area contributed by atoms with E-state index in [-0.39, 0.29) is 34.5 Å². The molecule has 0 aliphatic heterocycles. The zero-order valence-electron chi connectivity index (χ0n) is 17.4. The van der Waals surface area contributed by atoms with Gasteiger partial charge in [0.1, 0.15) is 29.1 Å². The summed E-state index contributed by atoms with van der Waals surface area (Å²) < 4.78 is 21.9. The van der Waals surface area contributed by atoms with Crippen LogP contribution in [0, 0.1) is 13.8 Å². The van der Waals surface area contributed by atoms with Crippen molar-refractivity contribution >= 4 is 28.5 Å². The van der Waals surface area contributed by atoms with Crippen LogP contribution in [0.4, 0.5) is 0 Å². The van der Waals surface area contributed by atoms with Crippen LogP contribution >= 0.6 is 11.6 Å². The van der Waals surface area contributed by atoms with E-state index in [4.69, 9.17) is 30.2 Å². The van der Waals surface area contributed by atoms with Crippen LogP contribution in [-0.2, 0) is 4.79 Å². The Hall–Kier alpha value is -3.77. The molecule has 0 N–H and O–H groups in total. The fourth-order valence-corrected chi connectivity index (χ4v) is 3.15. The summed E-state index contributed by atoms with van der Waals surface area (Å²) in [6.45, 7) is 3.71. The first-order valence-corrected chi connectivity index (χ1v) is 10.2. The summed E-state index contributed by atoms with van der Waals surface area (Å²) >= 11 is 6.08. The van der Waals surface area contributed by atoms with Crippen molar-refractivity contribution in [2.75, 3.05) is 6.61 Å². The normalized spacial score (nSPS) is 10.7. The fraction of sp³-hybridized carbons (Fsp3) is 0.120. The van der Waals surface area contributed by atoms with Gasteiger partial charge in [0.2, 0.25) is 11.2 Å². The molecule has 0 radical (unpaired) electrons. The Labute approximate surface area is 188 Å². The Morgan fingerprint density at radius 2 is 1.72 bits per heavy atom. The highest BCUT2D eigenvalue weighted by molar-refractivity contribution is 6.32. The highest BCUT2D eigenvalue weighted by Crippen LogP contribution is 2.29. The number of para-hydroxylation sites is 1. The molecular weight excluding hydrogens is 432 g/mol. The molecule has 1 heterocycles. The summed E-state index contributed by atoms with van der Waals surface area (Å²) in [6.07, 6.45) is 1.20. The predicted octanol–water partition coefficient (Wildman–Crippen LogP) is 5.84. The summed E-state index contributed by atoms with van der Waals surface area (Å²) in [6, 6.07) is 16.9. The van der Waals surface area contributed by atoms with E-state index >= 15 is 0 Å². The lowest BCUT2D eigenvalue weighted by atomic mass is 10.1. The summed E-state index contributed by atoms with van der Waals surface area (Å²) in [4.78, 5) is 24.9. The summed E-state index contributed by atoms with van der Waals surface area (Å²) in [5.41, 5.74) is 2.08. The Morgan fingerprint density at radius 3 is 2.50 bits per heavy atom. The Balaban J connectivity index is 1.46. The van der Waals surface area contributed by atoms with Gasteiger partial charge in [-0.15, -0.1) is 0 Å². The van der Waals surface area contributed by atoms with E-state index in [0.29, 0.717) is 16.5 Å². The fourth-order valence-electron chi connectivity index (χ4n) is 2.98. The molecule has 0 unspecified atom stereocenters. The Kier molecular flexibility index (Phi) is 6.14. The third kappa shape index (κ3) is 4.76. The van der Waals surface area contributed by atoms with Crippen molar-refractivity contribution in [1.29, 1.82) is 0 Å². The van der Waals surface area contributed by atoms with Gasteiger partial charge in [0.25, 0.3) is 0 Å². The smallest absolute Gasteiger partial charge is 0.349 e. The van der Waals surface area contributed by atoms with Gasteiger partial charge in [-0.05, 0) is 61.4 Å². The first kappa shape index (κ1) is 21.5. The molecule has 0 saturated carbocycles. The molecule has 0 bridgehead atoms. The van der Waals surface area contributed by atoms with Crippen LogP contribution in [0.25, 0.3) is 11.0 Å². The SMILES string of the molecule is Cc1ccc(OCC(=O)Oc2ccc3c(=O)c(Oc4ccccc4Cl)coc3c2)cc1C. The number of halogens is 1. The van der Waals surface area contributed by atoms with Gasteiger partial charge in [-0.1, -0.05) is 29.8 Å². The second kappa shape index (κ2) is 9.16. The molecule has 7 heteroatoms. The quantitative estimate of drug-likeness (QED) is 0.271. The zero-order chi connectivity index (χ0) is 22.7. The van der Waals surface area contributed by atoms with E-state index in [1.807, 2.05) is 26.0 Å². The molecule has 6 nitrogen and oxygen atoms in total. The number of fused-ring (bicyclic) bond motifs is 1. The van der Waals surface area contributed by atoms with Crippen LogP contribution < -0.4 is 19.6 Å². The second-order valence-corrected chi connectivity index (χ2v) is 7.54. The van der Waals surface area contributed by atoms with Crippen molar-refractivity contribution in [1.82, 2.24) is 0 Å². The van der Waals surface area contributed by atoms with E-state index in [0.717, 1.165) is 11.1 Å². The molecule has 0 atom stereocenters. The van der Waals surface area contributed by atoms with Crippen LogP contribution in [0.2, 0.25) is 5.02 Å². The predicted molar refractivity (Wildman–Crippen MR) is 121 cm³/mol. The minimum Gasteiger partial charge on any atom is -0.482 e. The second-order valence-electron chi connectivity index (χ2n) is 7.13. The minimum absolute atomic E-state index is 0.00265. The molecule has 0 saturated heterocycles. The Bertz CT molecular complexity index is 1360. The van der Waals surface area contributed by atoms with Crippen LogP contribution in [0.3, 0.4) is 0 Å². The number of carbonyl (C=O) groups excluding carboxylic acids is 1. The van der Waals surface area contributed by atoms with E-state index in [2.05, 4.69) is 0 Å². The van der Waals surface area contributed by atoms with Gasteiger partial charge in [0, 0.05) is 6.07 Å². The number of hydrogen-bond acceptors (Lipinski definition) is 6. The van der Waals surface area contributed by atoms with Crippen molar-refractivity contribution in [2.45, 2.75) is 13.8 Å². The maximum Gasteiger partial charge on any atom is 0.349 e. The van der Waals surface area contributed by atoms with E-state index in [9.17, 15) is 9.59 Å². The highest BCUT2D eigenvalue weighted by Gasteiger charge is 2.13. The van der Waals surface area contributed by atoms with Crippen LogP contribution in [0.5, 0.6) is 23.0 Å². The van der Waals surface area contributed by atoms with Crippen LogP contribution in [-0.4, -0.2) is 12.6 Å². The first-order valence-electron chi connectivity index (χ1n) is 9.79. The average molecular weight is 451 g/mol. The summed E-state index contributed by atoms with van der Waals surface area (Å²) in [5.74, 6) is 0.575. The van der Waals surface area contributed by atoms with Crippen molar-refractivity contribution in [3.63, 3.8) is 0 Å². The number of hydrogen-bond donors (Lipinski definition) is 0. The standard InChI is InChI=1S/C25H19ClO6/c1-15-7-8-17(11-16(15)2)29-14-24(27)31-18-9-10-19-22(12-18)30-13-23(25(19)28)32-21-6-4-3-5-20(21)26/h3-13H,14H2,1-2H3. The van der Waals surface area contributed by atoms with Gasteiger partial charge in [-0.2, -0.15) is 0 Å². The molecule has 0 aliphatic carbocycles. The minimum atomic E-state index is -0.580. The molecule has 1 aromatic heterocycles. The molecule has 0 amide bonds. The number of benzene rings is 3. The van der Waals surface area contributed by atoms with Gasteiger partial charge in [0.05, 0.1) is 10.4 Å². The number of carbonyl (C=O) groups is 1. The number of rotatable bonds is 6. The maximum atomic E-state index is 12.7. The third-order valence-corrected chi connectivity index (χ3v) is 5.15. The van der Waals surface area contributed by atoms with E-state index in [1.165, 1.54) is 24.5 Å². The van der Waals surface area contributed by atoms with Crippen LogP contribution in [0.1, 0.15) is 11.1 Å². The summed E-state index contributed by atoms with van der Waals surface area (Å²) in [5, 5.41) is 0.651. The molecule has 0 spiro atoms. The third-order valence-electron chi connectivity index (χ3n) is 4.84. The lowest BCUT2D eigenvalue weighted by Gasteiger charge is -2.09. The van der Waals surface area contributed by atoms with Crippen LogP contribution in [0.15, 0.2) is 76.1 Å². The van der Waals surface area contributed by atoms with Gasteiger partial charge in [-0.3, -0.25) is 4.79 Å². The van der Waals surface area contributed by atoms with E-state index < -0.39 is 5.97 Å². The molecular formula is C25H19ClO6. The monoisotopic (exact) mass is 450 g/mol. The first-order chi connectivity index (χ1) is 15.4. The molecule has 32 heavy (non-hydrogen) atoms. The average Bonchev–Trinajstić information content (AvgIpc) is 2.78. The maximum absolute atomic E-state index is 12.7. The summed E-state index contributed by atoms with van der Waals surface area (Å²) in [7, 11) is 0. The van der Waals surface area contributed by atoms with Crippen molar-refractivity contribution in [3.8, 4) is 23.0 Å². The zero-order valence-corrected chi connectivity index (χ0v) is 18.1. The van der Waals surface area contributed by atoms with E-state index in [1.54, 1.807) is 30.3 Å². The largest absolute Gasteiger partial charge is 0.482 e. The highest BCUT2D eigenvalue weighted by atomic mass is 35.5. The molecule has 4 aromatic rings. The van der Waals surface area contributed by atoms with Gasteiger partial charge < -0.3 is 18.6 Å². The number of esters is 1. The van der Waals surface area contributed by atoms with Crippen molar-refractivity contribution in [3.05, 3.63) is 93.3 Å². The lowest BCUT2D eigenvalue weighted by molar-refractivity contribution is -0.136. The molecule has 3 aromatic carbocycles. The van der Waals surface area contributed by atoms with Gasteiger partial charge in [-0.25, -0.2) is 4.79 Å². The molecule has 4 rings (SSSR count). The lowest BCUT2D eigenvalue weighted by Crippen LogP contribution is -2.17. The number of ether oxygens (including phenoxy) is 3. The molecule has 0 fully saturated rings. The van der Waals surface area contributed by atoms with Crippen molar-refractivity contribution < 1.29 is 23.4 Å².